The molecule has 0 bridgehead atoms. The molecule has 0 saturated heterocycles. The molecule has 2 aromatic rings. The number of nitrogens with zero attached hydrogens (tertiary/aromatic N) is 1. The van der Waals surface area contributed by atoms with Gasteiger partial charge in [-0.15, -0.1) is 11.3 Å². The lowest BCUT2D eigenvalue weighted by Gasteiger charge is -2.15. The van der Waals surface area contributed by atoms with Gasteiger partial charge in [-0.3, -0.25) is 9.69 Å². The van der Waals surface area contributed by atoms with Crippen LogP contribution in [0.2, 0.25) is 0 Å². The van der Waals surface area contributed by atoms with E-state index in [0.717, 1.165) is 15.2 Å². The van der Waals surface area contributed by atoms with Crippen LogP contribution in [-0.4, -0.2) is 24.3 Å². The zero-order valence-electron chi connectivity index (χ0n) is 11.0. The minimum Gasteiger partial charge on any atom is -0.295 e. The molecule has 0 aliphatic rings. The van der Waals surface area contributed by atoms with Crippen molar-refractivity contribution in [1.82, 2.24) is 4.90 Å². The number of carbonyl (C=O) groups excluding carboxylic acids is 1. The molecule has 0 aliphatic carbocycles. The Hall–Kier alpha value is -0.970. The van der Waals surface area contributed by atoms with Crippen LogP contribution in [0.25, 0.3) is 0 Å². The number of Topliss-reactive ketones (excluding diaryl/α,β-unsaturated/α-hetero) is 1. The Labute approximate surface area is 126 Å². The highest BCUT2D eigenvalue weighted by Gasteiger charge is 2.11. The number of aryl methyl sites for hydroxylation is 1. The summed E-state index contributed by atoms with van der Waals surface area (Å²) in [5.41, 5.74) is 2.49. The minimum absolute atomic E-state index is 0.172. The van der Waals surface area contributed by atoms with Gasteiger partial charge in [-0.2, -0.15) is 0 Å². The number of ketones is 1. The molecule has 0 spiro atoms. The molecule has 1 heterocycles. The minimum atomic E-state index is 0.172. The van der Waals surface area contributed by atoms with Gasteiger partial charge in [-0.25, -0.2) is 0 Å². The van der Waals surface area contributed by atoms with Crippen molar-refractivity contribution in [1.29, 1.82) is 0 Å². The first-order valence-electron chi connectivity index (χ1n) is 6.07. The Morgan fingerprint density at radius 1 is 1.21 bits per heavy atom. The van der Waals surface area contributed by atoms with Crippen molar-refractivity contribution in [2.75, 3.05) is 13.6 Å². The normalized spacial score (nSPS) is 10.9. The van der Waals surface area contributed by atoms with Crippen molar-refractivity contribution in [3.8, 4) is 0 Å². The molecule has 100 valence electrons. The summed E-state index contributed by atoms with van der Waals surface area (Å²) in [6.45, 7) is 3.31. The quantitative estimate of drug-likeness (QED) is 0.764. The van der Waals surface area contributed by atoms with Gasteiger partial charge in [-0.1, -0.05) is 29.8 Å². The molecular weight excluding hydrogens is 322 g/mol. The summed E-state index contributed by atoms with van der Waals surface area (Å²) in [6.07, 6.45) is 0. The predicted molar refractivity (Wildman–Crippen MR) is 83.9 cm³/mol. The van der Waals surface area contributed by atoms with E-state index < -0.39 is 0 Å². The standard InChI is InChI=1S/C15H16BrNOS/c1-11-3-5-12(6-4-11)9-17(2)10-13(18)14-7-8-15(16)19-14/h3-8H,9-10H2,1-2H3. The molecule has 1 aromatic carbocycles. The van der Waals surface area contributed by atoms with E-state index in [1.165, 1.54) is 22.5 Å². The summed E-state index contributed by atoms with van der Waals surface area (Å²) in [7, 11) is 1.97. The summed E-state index contributed by atoms with van der Waals surface area (Å²) >= 11 is 4.87. The summed E-state index contributed by atoms with van der Waals surface area (Å²) in [6, 6.07) is 12.2. The van der Waals surface area contributed by atoms with E-state index in [1.807, 2.05) is 24.1 Å². The van der Waals surface area contributed by atoms with Gasteiger partial charge in [0.15, 0.2) is 5.78 Å². The van der Waals surface area contributed by atoms with E-state index >= 15 is 0 Å². The van der Waals surface area contributed by atoms with Crippen LogP contribution in [0, 0.1) is 6.92 Å². The third-order valence-corrected chi connectivity index (χ3v) is 4.50. The molecule has 4 heteroatoms. The number of thiophene rings is 1. The maximum Gasteiger partial charge on any atom is 0.186 e. The SMILES string of the molecule is Cc1ccc(CN(C)CC(=O)c2ccc(Br)s2)cc1. The van der Waals surface area contributed by atoms with Crippen molar-refractivity contribution >= 4 is 33.0 Å². The zero-order valence-corrected chi connectivity index (χ0v) is 13.4. The lowest BCUT2D eigenvalue weighted by molar-refractivity contribution is 0.0947. The van der Waals surface area contributed by atoms with E-state index in [9.17, 15) is 4.79 Å². The maximum absolute atomic E-state index is 12.1. The highest BCUT2D eigenvalue weighted by molar-refractivity contribution is 9.11. The molecule has 0 fully saturated rings. The fourth-order valence-corrected chi connectivity index (χ4v) is 3.16. The maximum atomic E-state index is 12.1. The van der Waals surface area contributed by atoms with Crippen molar-refractivity contribution in [3.63, 3.8) is 0 Å². The smallest absolute Gasteiger partial charge is 0.186 e. The lowest BCUT2D eigenvalue weighted by Crippen LogP contribution is -2.25. The fraction of sp³-hybridized carbons (Fsp3) is 0.267. The van der Waals surface area contributed by atoms with E-state index in [4.69, 9.17) is 0 Å². The molecular formula is C15H16BrNOS. The second kappa shape index (κ2) is 6.46. The van der Waals surface area contributed by atoms with Crippen LogP contribution in [0.1, 0.15) is 20.8 Å². The first-order valence-corrected chi connectivity index (χ1v) is 7.68. The van der Waals surface area contributed by atoms with Crippen molar-refractivity contribution in [2.24, 2.45) is 0 Å². The Balaban J connectivity index is 1.92. The summed E-state index contributed by atoms with van der Waals surface area (Å²) in [5.74, 6) is 0.172. The molecule has 0 amide bonds. The van der Waals surface area contributed by atoms with Crippen LogP contribution in [0.15, 0.2) is 40.2 Å². The molecule has 0 atom stereocenters. The lowest BCUT2D eigenvalue weighted by atomic mass is 10.1. The number of carbonyl (C=O) groups is 1. The number of likely N-dealkylation sites (N-methyl/N-ethyl adjacent to an activating group) is 1. The summed E-state index contributed by atoms with van der Waals surface area (Å²) in [4.78, 5) is 14.9. The van der Waals surface area contributed by atoms with Gasteiger partial charge in [0.05, 0.1) is 15.2 Å². The zero-order chi connectivity index (χ0) is 13.8. The van der Waals surface area contributed by atoms with E-state index in [2.05, 4.69) is 47.1 Å². The average Bonchev–Trinajstić information content (AvgIpc) is 2.79. The van der Waals surface area contributed by atoms with Crippen LogP contribution in [0.5, 0.6) is 0 Å². The summed E-state index contributed by atoms with van der Waals surface area (Å²) in [5, 5.41) is 0. The number of hydrogen-bond acceptors (Lipinski definition) is 3. The topological polar surface area (TPSA) is 20.3 Å². The van der Waals surface area contributed by atoms with Gasteiger partial charge < -0.3 is 0 Å². The summed E-state index contributed by atoms with van der Waals surface area (Å²) < 4.78 is 0.997. The third-order valence-electron chi connectivity index (χ3n) is 2.83. The van der Waals surface area contributed by atoms with Crippen molar-refractivity contribution in [3.05, 3.63) is 56.2 Å². The van der Waals surface area contributed by atoms with Gasteiger partial charge >= 0.3 is 0 Å². The number of rotatable bonds is 5. The Bertz CT molecular complexity index is 562. The van der Waals surface area contributed by atoms with Gasteiger partial charge in [0.2, 0.25) is 0 Å². The second-order valence-corrected chi connectivity index (χ2v) is 7.15. The van der Waals surface area contributed by atoms with Crippen LogP contribution >= 0.6 is 27.3 Å². The molecule has 19 heavy (non-hydrogen) atoms. The van der Waals surface area contributed by atoms with Crippen LogP contribution in [0.4, 0.5) is 0 Å². The molecule has 0 N–H and O–H groups in total. The number of hydrogen-bond donors (Lipinski definition) is 0. The second-order valence-electron chi connectivity index (χ2n) is 4.68. The molecule has 0 aliphatic heterocycles. The number of benzene rings is 1. The van der Waals surface area contributed by atoms with Gasteiger partial charge in [0, 0.05) is 6.54 Å². The molecule has 0 unspecified atom stereocenters. The van der Waals surface area contributed by atoms with E-state index in [-0.39, 0.29) is 5.78 Å². The van der Waals surface area contributed by atoms with Crippen LogP contribution in [-0.2, 0) is 6.54 Å². The van der Waals surface area contributed by atoms with E-state index in [0.29, 0.717) is 6.54 Å². The van der Waals surface area contributed by atoms with E-state index in [1.54, 1.807) is 0 Å². The molecule has 0 radical (unpaired) electrons. The largest absolute Gasteiger partial charge is 0.295 e. The predicted octanol–water partition coefficient (Wildman–Crippen LogP) is 4.13. The molecule has 2 rings (SSSR count). The average molecular weight is 338 g/mol. The number of halogens is 1. The molecule has 0 saturated carbocycles. The van der Waals surface area contributed by atoms with Gasteiger partial charge in [0.1, 0.15) is 0 Å². The Kier molecular flexibility index (Phi) is 4.91. The van der Waals surface area contributed by atoms with Crippen molar-refractivity contribution in [2.45, 2.75) is 13.5 Å². The van der Waals surface area contributed by atoms with Crippen LogP contribution < -0.4 is 0 Å². The first kappa shape index (κ1) is 14.4. The molecule has 2 nitrogen and oxygen atoms in total. The molecule has 1 aromatic heterocycles. The Morgan fingerprint density at radius 3 is 2.47 bits per heavy atom. The highest BCUT2D eigenvalue weighted by atomic mass is 79.9. The first-order chi connectivity index (χ1) is 9.04. The van der Waals surface area contributed by atoms with Crippen LogP contribution in [0.3, 0.4) is 0 Å². The van der Waals surface area contributed by atoms with Crippen molar-refractivity contribution < 1.29 is 4.79 Å². The third kappa shape index (κ3) is 4.27. The van der Waals surface area contributed by atoms with Gasteiger partial charge in [-0.05, 0) is 47.6 Å². The Morgan fingerprint density at radius 2 is 1.89 bits per heavy atom. The van der Waals surface area contributed by atoms with Gasteiger partial charge in [0.25, 0.3) is 0 Å². The highest BCUT2D eigenvalue weighted by Crippen LogP contribution is 2.22. The monoisotopic (exact) mass is 337 g/mol. The fourth-order valence-electron chi connectivity index (χ4n) is 1.85.